The maximum Gasteiger partial charge on any atom is 0.251 e. The number of hydrogen-bond acceptors (Lipinski definition) is 3. The van der Waals surface area contributed by atoms with Gasteiger partial charge in [0.25, 0.3) is 5.91 Å². The molecular weight excluding hydrogens is 481 g/mol. The molecule has 1 fully saturated rings. The van der Waals surface area contributed by atoms with Gasteiger partial charge in [-0.05, 0) is 43.9 Å². The number of unbranched alkanes of at least 4 members (excludes halogenated alkanes) is 1. The molecule has 0 spiro atoms. The van der Waals surface area contributed by atoms with Crippen LogP contribution in [0.4, 0.5) is 0 Å². The first-order valence-corrected chi connectivity index (χ1v) is 10.3. The van der Waals surface area contributed by atoms with Gasteiger partial charge in [-0.2, -0.15) is 0 Å². The molecule has 0 radical (unpaired) electrons. The van der Waals surface area contributed by atoms with Crippen molar-refractivity contribution in [2.75, 3.05) is 32.7 Å². The average molecular weight is 515 g/mol. The monoisotopic (exact) mass is 515 g/mol. The highest BCUT2D eigenvalue weighted by atomic mass is 127. The van der Waals surface area contributed by atoms with Crippen molar-refractivity contribution >= 4 is 41.8 Å². The molecule has 0 bridgehead atoms. The summed E-state index contributed by atoms with van der Waals surface area (Å²) in [5.74, 6) is 0.692. The molecule has 7 nitrogen and oxygen atoms in total. The van der Waals surface area contributed by atoms with E-state index < -0.39 is 0 Å². The molecule has 0 aromatic heterocycles. The fourth-order valence-electron chi connectivity index (χ4n) is 2.99. The number of amides is 2. The average Bonchev–Trinajstić information content (AvgIpc) is 3.25. The summed E-state index contributed by atoms with van der Waals surface area (Å²) in [6.45, 7) is 7.95. The summed E-state index contributed by atoms with van der Waals surface area (Å²) in [5, 5.41) is 9.18. The highest BCUT2D eigenvalue weighted by Crippen LogP contribution is 2.07. The van der Waals surface area contributed by atoms with Gasteiger partial charge in [0.1, 0.15) is 0 Å². The SMILES string of the molecule is CCCCNC(=O)c1ccc(CN=C(NCC)NCC(=O)N2CCCC2)cc1.I. The molecule has 2 rings (SSSR count). The Bertz CT molecular complexity index is 658. The number of rotatable bonds is 9. The summed E-state index contributed by atoms with van der Waals surface area (Å²) in [6, 6.07) is 7.47. The van der Waals surface area contributed by atoms with E-state index in [1.807, 2.05) is 36.1 Å². The Labute approximate surface area is 191 Å². The van der Waals surface area contributed by atoms with Crippen molar-refractivity contribution in [2.24, 2.45) is 4.99 Å². The van der Waals surface area contributed by atoms with Crippen LogP contribution in [-0.4, -0.2) is 55.4 Å². The topological polar surface area (TPSA) is 85.8 Å². The number of aliphatic imine (C=N–C) groups is 1. The molecule has 162 valence electrons. The van der Waals surface area contributed by atoms with Crippen LogP contribution >= 0.6 is 24.0 Å². The Hall–Kier alpha value is -1.84. The van der Waals surface area contributed by atoms with Crippen LogP contribution in [0.2, 0.25) is 0 Å². The second kappa shape index (κ2) is 14.2. The molecule has 3 N–H and O–H groups in total. The summed E-state index contributed by atoms with van der Waals surface area (Å²) in [5.41, 5.74) is 1.67. The molecule has 29 heavy (non-hydrogen) atoms. The van der Waals surface area contributed by atoms with E-state index in [0.29, 0.717) is 24.6 Å². The van der Waals surface area contributed by atoms with E-state index in [1.54, 1.807) is 0 Å². The van der Waals surface area contributed by atoms with Crippen LogP contribution in [0.5, 0.6) is 0 Å². The molecule has 2 amide bonds. The lowest BCUT2D eigenvalue weighted by atomic mass is 10.1. The van der Waals surface area contributed by atoms with E-state index in [4.69, 9.17) is 0 Å². The minimum Gasteiger partial charge on any atom is -0.357 e. The van der Waals surface area contributed by atoms with Gasteiger partial charge >= 0.3 is 0 Å². The molecule has 1 saturated heterocycles. The van der Waals surface area contributed by atoms with Crippen molar-refractivity contribution in [3.63, 3.8) is 0 Å². The van der Waals surface area contributed by atoms with Gasteiger partial charge in [-0.25, -0.2) is 4.99 Å². The Morgan fingerprint density at radius 2 is 1.72 bits per heavy atom. The van der Waals surface area contributed by atoms with Gasteiger partial charge in [-0.3, -0.25) is 9.59 Å². The van der Waals surface area contributed by atoms with Gasteiger partial charge in [-0.15, -0.1) is 24.0 Å². The zero-order valence-electron chi connectivity index (χ0n) is 17.5. The van der Waals surface area contributed by atoms with Crippen molar-refractivity contribution in [1.29, 1.82) is 0 Å². The standard InChI is InChI=1S/C21H33N5O2.HI/c1-3-5-12-23-20(28)18-10-8-17(9-11-18)15-24-21(22-4-2)25-16-19(27)26-13-6-7-14-26;/h8-11H,3-7,12-16H2,1-2H3,(H,23,28)(H2,22,24,25);1H. The molecule has 1 aromatic carbocycles. The number of hydrogen-bond donors (Lipinski definition) is 3. The van der Waals surface area contributed by atoms with Gasteiger partial charge < -0.3 is 20.9 Å². The van der Waals surface area contributed by atoms with Crippen LogP contribution in [0.25, 0.3) is 0 Å². The van der Waals surface area contributed by atoms with E-state index in [2.05, 4.69) is 27.9 Å². The summed E-state index contributed by atoms with van der Waals surface area (Å²) in [7, 11) is 0. The molecular formula is C21H34IN5O2. The fourth-order valence-corrected chi connectivity index (χ4v) is 2.99. The highest BCUT2D eigenvalue weighted by Gasteiger charge is 2.17. The van der Waals surface area contributed by atoms with Gasteiger partial charge in [0, 0.05) is 31.7 Å². The highest BCUT2D eigenvalue weighted by molar-refractivity contribution is 14.0. The van der Waals surface area contributed by atoms with E-state index in [-0.39, 0.29) is 42.3 Å². The third-order valence-electron chi connectivity index (χ3n) is 4.66. The van der Waals surface area contributed by atoms with Crippen molar-refractivity contribution in [3.05, 3.63) is 35.4 Å². The number of carbonyl (C=O) groups is 2. The Morgan fingerprint density at radius 3 is 2.34 bits per heavy atom. The van der Waals surface area contributed by atoms with Crippen LogP contribution < -0.4 is 16.0 Å². The third-order valence-corrected chi connectivity index (χ3v) is 4.66. The van der Waals surface area contributed by atoms with Crippen LogP contribution in [-0.2, 0) is 11.3 Å². The van der Waals surface area contributed by atoms with Crippen molar-refractivity contribution in [3.8, 4) is 0 Å². The molecule has 8 heteroatoms. The van der Waals surface area contributed by atoms with E-state index in [1.165, 1.54) is 0 Å². The van der Waals surface area contributed by atoms with Crippen molar-refractivity contribution < 1.29 is 9.59 Å². The van der Waals surface area contributed by atoms with Gasteiger partial charge in [0.2, 0.25) is 5.91 Å². The molecule has 0 atom stereocenters. The molecule has 1 aliphatic rings. The third kappa shape index (κ3) is 9.01. The van der Waals surface area contributed by atoms with E-state index >= 15 is 0 Å². The summed E-state index contributed by atoms with van der Waals surface area (Å²) in [4.78, 5) is 30.6. The zero-order chi connectivity index (χ0) is 20.2. The van der Waals surface area contributed by atoms with Crippen LogP contribution in [0.15, 0.2) is 29.3 Å². The minimum atomic E-state index is -0.0427. The first-order valence-electron chi connectivity index (χ1n) is 10.3. The predicted molar refractivity (Wildman–Crippen MR) is 128 cm³/mol. The lowest BCUT2D eigenvalue weighted by molar-refractivity contribution is -0.128. The maximum absolute atomic E-state index is 12.2. The summed E-state index contributed by atoms with van der Waals surface area (Å²) in [6.07, 6.45) is 4.22. The number of nitrogens with one attached hydrogen (secondary N) is 3. The molecule has 1 aliphatic heterocycles. The van der Waals surface area contributed by atoms with Crippen molar-refractivity contribution in [1.82, 2.24) is 20.9 Å². The fraction of sp³-hybridized carbons (Fsp3) is 0.571. The summed E-state index contributed by atoms with van der Waals surface area (Å²) >= 11 is 0. The van der Waals surface area contributed by atoms with Crippen LogP contribution in [0, 0.1) is 0 Å². The number of likely N-dealkylation sites (tertiary alicyclic amines) is 1. The normalized spacial score (nSPS) is 13.6. The van der Waals surface area contributed by atoms with Crippen LogP contribution in [0.1, 0.15) is 55.5 Å². The largest absolute Gasteiger partial charge is 0.357 e. The molecule has 1 heterocycles. The first kappa shape index (κ1) is 25.2. The Kier molecular flexibility index (Phi) is 12.3. The lowest BCUT2D eigenvalue weighted by Crippen LogP contribution is -2.44. The number of benzene rings is 1. The van der Waals surface area contributed by atoms with E-state index in [0.717, 1.165) is 50.9 Å². The quantitative estimate of drug-likeness (QED) is 0.204. The molecule has 0 unspecified atom stereocenters. The number of nitrogens with zero attached hydrogens (tertiary/aromatic N) is 2. The molecule has 1 aromatic rings. The Morgan fingerprint density at radius 1 is 1.03 bits per heavy atom. The maximum atomic E-state index is 12.2. The summed E-state index contributed by atoms with van der Waals surface area (Å²) < 4.78 is 0. The second-order valence-electron chi connectivity index (χ2n) is 6.94. The van der Waals surface area contributed by atoms with Crippen molar-refractivity contribution in [2.45, 2.75) is 46.1 Å². The smallest absolute Gasteiger partial charge is 0.251 e. The minimum absolute atomic E-state index is 0. The zero-order valence-corrected chi connectivity index (χ0v) is 19.8. The number of carbonyl (C=O) groups excluding carboxylic acids is 2. The number of halogens is 1. The van der Waals surface area contributed by atoms with E-state index in [9.17, 15) is 9.59 Å². The Balaban J connectivity index is 0.00000420. The molecule has 0 saturated carbocycles. The van der Waals surface area contributed by atoms with Gasteiger partial charge in [0.15, 0.2) is 5.96 Å². The van der Waals surface area contributed by atoms with Gasteiger partial charge in [0.05, 0.1) is 13.1 Å². The molecule has 0 aliphatic carbocycles. The predicted octanol–water partition coefficient (Wildman–Crippen LogP) is 2.51. The van der Waals surface area contributed by atoms with Crippen LogP contribution in [0.3, 0.4) is 0 Å². The van der Waals surface area contributed by atoms with Gasteiger partial charge in [-0.1, -0.05) is 25.5 Å². The number of guanidine groups is 1. The lowest BCUT2D eigenvalue weighted by Gasteiger charge is -2.17. The second-order valence-corrected chi connectivity index (χ2v) is 6.94. The first-order chi connectivity index (χ1) is 13.6.